The van der Waals surface area contributed by atoms with Crippen molar-refractivity contribution in [3.63, 3.8) is 0 Å². The highest BCUT2D eigenvalue weighted by atomic mass is 16.3. The van der Waals surface area contributed by atoms with E-state index in [1.54, 1.807) is 13.0 Å². The molecule has 2 heterocycles. The topological polar surface area (TPSA) is 103 Å². The van der Waals surface area contributed by atoms with Crippen molar-refractivity contribution in [2.45, 2.75) is 38.8 Å². The van der Waals surface area contributed by atoms with Gasteiger partial charge in [-0.2, -0.15) is 0 Å². The van der Waals surface area contributed by atoms with Gasteiger partial charge in [-0.05, 0) is 47.6 Å². The van der Waals surface area contributed by atoms with E-state index in [4.69, 9.17) is 0 Å². The van der Waals surface area contributed by atoms with Crippen LogP contribution in [0.25, 0.3) is 10.8 Å². The van der Waals surface area contributed by atoms with Crippen LogP contribution in [0.3, 0.4) is 0 Å². The third-order valence-electron chi connectivity index (χ3n) is 8.38. The summed E-state index contributed by atoms with van der Waals surface area (Å²) in [4.78, 5) is 53.0. The van der Waals surface area contributed by atoms with Gasteiger partial charge >= 0.3 is 11.4 Å². The Balaban J connectivity index is 1.69. The number of allylic oxidation sites excluding steroid dienone is 4. The number of nitrogens with zero attached hydrogens (tertiary/aromatic N) is 3. The fraction of sp³-hybridized carbons (Fsp3) is 0.333. The molecule has 0 radical (unpaired) electrons. The normalized spacial score (nSPS) is 27.7. The second-order valence-corrected chi connectivity index (χ2v) is 10.1. The minimum atomic E-state index is -1.07. The number of hydrogen-bond acceptors (Lipinski definition) is 5. The van der Waals surface area contributed by atoms with Crippen LogP contribution < -0.4 is 11.4 Å². The Morgan fingerprint density at radius 1 is 1.00 bits per heavy atom. The fourth-order valence-electron chi connectivity index (χ4n) is 6.55. The molecule has 8 nitrogen and oxygen atoms in total. The van der Waals surface area contributed by atoms with Gasteiger partial charge in [0.25, 0.3) is 0 Å². The number of ketones is 2. The maximum Gasteiger partial charge on any atom is 0.347 e. The molecule has 178 valence electrons. The predicted molar refractivity (Wildman–Crippen MR) is 129 cm³/mol. The quantitative estimate of drug-likeness (QED) is 0.550. The number of aromatic hydroxyl groups is 1. The third-order valence-corrected chi connectivity index (χ3v) is 8.38. The van der Waals surface area contributed by atoms with Crippen LogP contribution in [0.2, 0.25) is 0 Å². The molecular weight excluding hydrogens is 446 g/mol. The first-order valence-corrected chi connectivity index (χ1v) is 11.7. The number of aromatic nitrogens is 3. The van der Waals surface area contributed by atoms with Crippen LogP contribution in [0, 0.1) is 11.3 Å². The molecule has 2 aliphatic carbocycles. The lowest BCUT2D eigenvalue weighted by molar-refractivity contribution is -0.139. The minimum absolute atomic E-state index is 0.109. The molecule has 3 aromatic rings. The molecule has 1 fully saturated rings. The smallest absolute Gasteiger partial charge is 0.347 e. The van der Waals surface area contributed by atoms with Crippen molar-refractivity contribution in [1.82, 2.24) is 13.9 Å². The molecule has 3 aliphatic rings. The molecule has 1 saturated carbocycles. The van der Waals surface area contributed by atoms with Gasteiger partial charge in [-0.25, -0.2) is 23.5 Å². The van der Waals surface area contributed by atoms with Crippen LogP contribution in [0.5, 0.6) is 5.75 Å². The molecule has 4 atom stereocenters. The Morgan fingerprint density at radius 3 is 2.46 bits per heavy atom. The molecular formula is C27H25N3O5. The van der Waals surface area contributed by atoms with Gasteiger partial charge in [0.15, 0.2) is 11.6 Å². The number of phenols is 1. The monoisotopic (exact) mass is 471 g/mol. The molecule has 1 aliphatic heterocycles. The second kappa shape index (κ2) is 7.04. The molecule has 0 saturated heterocycles. The van der Waals surface area contributed by atoms with Gasteiger partial charge in [-0.15, -0.1) is 0 Å². The SMILES string of the molecule is CC1=CC(=O)[C@@]2(C)[C@@H](c3ccc(O)c4ccccc34)C3=CCn4c(=O)n(C)c(=O)n4[C@@H]3C[C@H]2C1=O. The van der Waals surface area contributed by atoms with Crippen molar-refractivity contribution in [2.75, 3.05) is 0 Å². The summed E-state index contributed by atoms with van der Waals surface area (Å²) in [6.07, 6.45) is 3.64. The van der Waals surface area contributed by atoms with Gasteiger partial charge in [0.2, 0.25) is 0 Å². The summed E-state index contributed by atoms with van der Waals surface area (Å²) in [7, 11) is 1.45. The number of carbonyl (C=O) groups is 2. The maximum atomic E-state index is 13.7. The molecule has 8 heteroatoms. The van der Waals surface area contributed by atoms with Gasteiger partial charge in [0, 0.05) is 24.3 Å². The van der Waals surface area contributed by atoms with E-state index < -0.39 is 34.7 Å². The van der Waals surface area contributed by atoms with Crippen molar-refractivity contribution in [3.8, 4) is 5.75 Å². The summed E-state index contributed by atoms with van der Waals surface area (Å²) in [6, 6.07) is 10.3. The lowest BCUT2D eigenvalue weighted by Gasteiger charge is -2.52. The zero-order chi connectivity index (χ0) is 24.8. The molecule has 0 unspecified atom stereocenters. The maximum absolute atomic E-state index is 13.7. The Morgan fingerprint density at radius 2 is 1.71 bits per heavy atom. The first-order chi connectivity index (χ1) is 16.7. The van der Waals surface area contributed by atoms with Gasteiger partial charge in [-0.3, -0.25) is 9.59 Å². The summed E-state index contributed by atoms with van der Waals surface area (Å²) in [6.45, 7) is 3.70. The minimum Gasteiger partial charge on any atom is -0.507 e. The van der Waals surface area contributed by atoms with E-state index in [0.29, 0.717) is 11.0 Å². The first-order valence-electron chi connectivity index (χ1n) is 11.7. The van der Waals surface area contributed by atoms with Crippen LogP contribution >= 0.6 is 0 Å². The van der Waals surface area contributed by atoms with E-state index in [9.17, 15) is 24.3 Å². The van der Waals surface area contributed by atoms with Gasteiger partial charge in [-0.1, -0.05) is 43.3 Å². The van der Waals surface area contributed by atoms with Gasteiger partial charge < -0.3 is 5.11 Å². The number of Topliss-reactive ketones (excluding diaryl/α,β-unsaturated/α-hetero) is 1. The Bertz CT molecular complexity index is 1650. The number of benzene rings is 2. The van der Waals surface area contributed by atoms with Crippen molar-refractivity contribution < 1.29 is 14.7 Å². The molecule has 0 amide bonds. The van der Waals surface area contributed by atoms with E-state index in [2.05, 4.69) is 0 Å². The first kappa shape index (κ1) is 21.6. The molecule has 0 bridgehead atoms. The van der Waals surface area contributed by atoms with Crippen LogP contribution in [0.1, 0.15) is 37.8 Å². The van der Waals surface area contributed by atoms with Crippen molar-refractivity contribution in [1.29, 1.82) is 0 Å². The molecule has 0 spiro atoms. The summed E-state index contributed by atoms with van der Waals surface area (Å²) >= 11 is 0. The molecule has 2 aromatic carbocycles. The highest BCUT2D eigenvalue weighted by molar-refractivity contribution is 6.13. The predicted octanol–water partition coefficient (Wildman–Crippen LogP) is 2.60. The molecule has 1 aromatic heterocycles. The van der Waals surface area contributed by atoms with E-state index in [0.717, 1.165) is 21.1 Å². The second-order valence-electron chi connectivity index (χ2n) is 10.1. The van der Waals surface area contributed by atoms with Crippen molar-refractivity contribution in [3.05, 3.63) is 86.2 Å². The molecule has 1 N–H and O–H groups in total. The highest BCUT2D eigenvalue weighted by Gasteiger charge is 2.59. The lowest BCUT2D eigenvalue weighted by Crippen LogP contribution is -2.54. The number of carbonyl (C=O) groups excluding carboxylic acids is 2. The Hall–Kier alpha value is -3.94. The summed E-state index contributed by atoms with van der Waals surface area (Å²) in [5.41, 5.74) is 0.155. The Kier molecular flexibility index (Phi) is 4.34. The number of hydrogen-bond donors (Lipinski definition) is 1. The summed E-state index contributed by atoms with van der Waals surface area (Å²) in [5, 5.41) is 12.0. The number of phenolic OH excluding ortho intramolecular Hbond substituents is 1. The van der Waals surface area contributed by atoms with Crippen molar-refractivity contribution >= 4 is 22.3 Å². The van der Waals surface area contributed by atoms with Crippen LogP contribution in [-0.2, 0) is 23.2 Å². The zero-order valence-corrected chi connectivity index (χ0v) is 19.7. The fourth-order valence-corrected chi connectivity index (χ4v) is 6.55. The van der Waals surface area contributed by atoms with E-state index in [-0.39, 0.29) is 30.3 Å². The third kappa shape index (κ3) is 2.62. The van der Waals surface area contributed by atoms with Gasteiger partial charge in [0.05, 0.1) is 18.0 Å². The summed E-state index contributed by atoms with van der Waals surface area (Å²) < 4.78 is 3.94. The highest BCUT2D eigenvalue weighted by Crippen LogP contribution is 2.60. The van der Waals surface area contributed by atoms with E-state index in [1.807, 2.05) is 43.3 Å². The average Bonchev–Trinajstić information content (AvgIpc) is 3.07. The average molecular weight is 472 g/mol. The zero-order valence-electron chi connectivity index (χ0n) is 19.7. The van der Waals surface area contributed by atoms with E-state index >= 15 is 0 Å². The molecule has 6 rings (SSSR count). The molecule has 35 heavy (non-hydrogen) atoms. The van der Waals surface area contributed by atoms with E-state index in [1.165, 1.54) is 22.5 Å². The van der Waals surface area contributed by atoms with Crippen LogP contribution in [-0.4, -0.2) is 30.6 Å². The largest absolute Gasteiger partial charge is 0.507 e. The van der Waals surface area contributed by atoms with Crippen molar-refractivity contribution in [2.24, 2.45) is 18.4 Å². The van der Waals surface area contributed by atoms with Crippen LogP contribution in [0.4, 0.5) is 0 Å². The standard InChI is InChI=1S/C27H25N3O5/c1-14-12-22(32)27(2)19(24(14)33)13-20-18(10-11-29-25(34)28(3)26(35)30(20)29)23(27)17-8-9-21(31)16-7-5-4-6-15(16)17/h4-10,12,19-20,23,31H,11,13H2,1-3H3/t19-,20+,23-,27-/m0/s1. The van der Waals surface area contributed by atoms with Gasteiger partial charge in [0.1, 0.15) is 5.75 Å². The summed E-state index contributed by atoms with van der Waals surface area (Å²) in [5.74, 6) is -1.28. The number of rotatable bonds is 1. The van der Waals surface area contributed by atoms with Crippen LogP contribution in [0.15, 0.2) is 69.3 Å². The number of fused-ring (bicyclic) bond motifs is 5. The lowest BCUT2D eigenvalue weighted by atomic mass is 9.51. The Labute approximate surface area is 200 Å².